The summed E-state index contributed by atoms with van der Waals surface area (Å²) >= 11 is 3.32. The Balaban J connectivity index is 2.70. The second-order valence-corrected chi connectivity index (χ2v) is 5.36. The number of anilines is 1. The number of aliphatic hydroxyl groups excluding tert-OH is 1. The van der Waals surface area contributed by atoms with Crippen molar-refractivity contribution in [3.8, 4) is 0 Å². The lowest BCUT2D eigenvalue weighted by molar-refractivity contribution is -0.384. The fraction of sp³-hybridized carbons (Fsp3) is 0.538. The molecule has 1 aromatic rings. The van der Waals surface area contributed by atoms with Gasteiger partial charge >= 0.3 is 0 Å². The van der Waals surface area contributed by atoms with Crippen molar-refractivity contribution < 1.29 is 10.0 Å². The van der Waals surface area contributed by atoms with Crippen LogP contribution in [0.2, 0.25) is 0 Å². The van der Waals surface area contributed by atoms with Crippen molar-refractivity contribution in [2.24, 2.45) is 5.92 Å². The number of halogens is 1. The summed E-state index contributed by atoms with van der Waals surface area (Å²) in [7, 11) is 0. The zero-order valence-electron chi connectivity index (χ0n) is 10.9. The molecule has 0 saturated heterocycles. The minimum atomic E-state index is -0.385. The van der Waals surface area contributed by atoms with Crippen LogP contribution in [0.3, 0.4) is 0 Å². The van der Waals surface area contributed by atoms with Crippen molar-refractivity contribution in [2.75, 3.05) is 18.5 Å². The van der Waals surface area contributed by atoms with Crippen molar-refractivity contribution in [1.29, 1.82) is 0 Å². The van der Waals surface area contributed by atoms with Crippen molar-refractivity contribution in [3.05, 3.63) is 32.8 Å². The first-order valence-corrected chi connectivity index (χ1v) is 7.16. The molecule has 0 fully saturated rings. The molecule has 1 rings (SSSR count). The Morgan fingerprint density at radius 2 is 2.26 bits per heavy atom. The van der Waals surface area contributed by atoms with E-state index >= 15 is 0 Å². The molecule has 0 aromatic heterocycles. The van der Waals surface area contributed by atoms with Crippen LogP contribution in [0, 0.1) is 16.0 Å². The summed E-state index contributed by atoms with van der Waals surface area (Å²) in [5, 5.41) is 22.9. The van der Waals surface area contributed by atoms with E-state index in [2.05, 4.69) is 28.2 Å². The van der Waals surface area contributed by atoms with Gasteiger partial charge in [-0.15, -0.1) is 0 Å². The normalized spacial score (nSPS) is 12.2. The molecule has 6 heteroatoms. The SMILES string of the molecule is CCC(CCCO)CNc1cc(Br)ccc1[N+](=O)[O-]. The highest BCUT2D eigenvalue weighted by molar-refractivity contribution is 9.10. The Labute approximate surface area is 121 Å². The zero-order valence-corrected chi connectivity index (χ0v) is 12.5. The maximum absolute atomic E-state index is 10.9. The molecule has 0 spiro atoms. The minimum absolute atomic E-state index is 0.0835. The van der Waals surface area contributed by atoms with Crippen LogP contribution in [0.1, 0.15) is 26.2 Å². The fourth-order valence-corrected chi connectivity index (χ4v) is 2.25. The first-order valence-electron chi connectivity index (χ1n) is 6.37. The lowest BCUT2D eigenvalue weighted by Crippen LogP contribution is -2.15. The fourth-order valence-electron chi connectivity index (χ4n) is 1.89. The van der Waals surface area contributed by atoms with E-state index < -0.39 is 0 Å². The van der Waals surface area contributed by atoms with Crippen LogP contribution < -0.4 is 5.32 Å². The Morgan fingerprint density at radius 1 is 1.53 bits per heavy atom. The highest BCUT2D eigenvalue weighted by Gasteiger charge is 2.15. The highest BCUT2D eigenvalue weighted by atomic mass is 79.9. The van der Waals surface area contributed by atoms with Crippen LogP contribution in [-0.4, -0.2) is 23.2 Å². The van der Waals surface area contributed by atoms with E-state index in [-0.39, 0.29) is 17.2 Å². The molecule has 2 N–H and O–H groups in total. The monoisotopic (exact) mass is 330 g/mol. The molecule has 1 atom stereocenters. The summed E-state index contributed by atoms with van der Waals surface area (Å²) in [5.74, 6) is 0.408. The van der Waals surface area contributed by atoms with Gasteiger partial charge in [0.25, 0.3) is 5.69 Å². The van der Waals surface area contributed by atoms with Gasteiger partial charge in [0, 0.05) is 23.7 Å². The molecule has 19 heavy (non-hydrogen) atoms. The number of benzene rings is 1. The minimum Gasteiger partial charge on any atom is -0.396 e. The van der Waals surface area contributed by atoms with Gasteiger partial charge in [-0.1, -0.05) is 29.3 Å². The molecule has 1 unspecified atom stereocenters. The first-order chi connectivity index (χ1) is 9.08. The maximum atomic E-state index is 10.9. The van der Waals surface area contributed by atoms with Gasteiger partial charge in [0.15, 0.2) is 0 Å². The number of nitrogens with one attached hydrogen (secondary N) is 1. The molecule has 106 valence electrons. The molecule has 0 radical (unpaired) electrons. The van der Waals surface area contributed by atoms with E-state index in [1.165, 1.54) is 6.07 Å². The number of rotatable bonds is 8. The second kappa shape index (κ2) is 8.12. The summed E-state index contributed by atoms with van der Waals surface area (Å²) in [6.45, 7) is 2.94. The molecule has 0 aliphatic rings. The van der Waals surface area contributed by atoms with Crippen LogP contribution in [-0.2, 0) is 0 Å². The van der Waals surface area contributed by atoms with Gasteiger partial charge in [-0.05, 0) is 30.9 Å². The van der Waals surface area contributed by atoms with Crippen LogP contribution in [0.15, 0.2) is 22.7 Å². The molecule has 0 aliphatic carbocycles. The topological polar surface area (TPSA) is 75.4 Å². The van der Waals surface area contributed by atoms with E-state index in [9.17, 15) is 10.1 Å². The van der Waals surface area contributed by atoms with Gasteiger partial charge in [-0.2, -0.15) is 0 Å². The largest absolute Gasteiger partial charge is 0.396 e. The zero-order chi connectivity index (χ0) is 14.3. The third-order valence-corrected chi connectivity index (χ3v) is 3.58. The Bertz CT molecular complexity index is 426. The van der Waals surface area contributed by atoms with Crippen molar-refractivity contribution in [1.82, 2.24) is 0 Å². The van der Waals surface area contributed by atoms with Crippen LogP contribution in [0.4, 0.5) is 11.4 Å². The van der Waals surface area contributed by atoms with E-state index in [1.54, 1.807) is 12.1 Å². The molecule has 0 saturated carbocycles. The Hall–Kier alpha value is -1.14. The average molecular weight is 331 g/mol. The predicted octanol–water partition coefficient (Wildman–Crippen LogP) is 3.57. The molecular formula is C13H19BrN2O3. The quantitative estimate of drug-likeness (QED) is 0.564. The third-order valence-electron chi connectivity index (χ3n) is 3.08. The smallest absolute Gasteiger partial charge is 0.292 e. The molecule has 0 aliphatic heterocycles. The van der Waals surface area contributed by atoms with Gasteiger partial charge < -0.3 is 10.4 Å². The van der Waals surface area contributed by atoms with Gasteiger partial charge in [-0.25, -0.2) is 0 Å². The van der Waals surface area contributed by atoms with Crippen molar-refractivity contribution in [3.63, 3.8) is 0 Å². The number of hydrogen-bond acceptors (Lipinski definition) is 4. The van der Waals surface area contributed by atoms with Gasteiger partial charge in [0.1, 0.15) is 5.69 Å². The van der Waals surface area contributed by atoms with Gasteiger partial charge in [0.05, 0.1) is 4.92 Å². The average Bonchev–Trinajstić information content (AvgIpc) is 2.38. The molecule has 5 nitrogen and oxygen atoms in total. The second-order valence-electron chi connectivity index (χ2n) is 4.44. The lowest BCUT2D eigenvalue weighted by atomic mass is 10.0. The standard InChI is InChI=1S/C13H19BrN2O3/c1-2-10(4-3-7-17)9-15-12-8-11(14)5-6-13(12)16(18)19/h5-6,8,10,15,17H,2-4,7,9H2,1H3. The summed E-state index contributed by atoms with van der Waals surface area (Å²) < 4.78 is 0.809. The lowest BCUT2D eigenvalue weighted by Gasteiger charge is -2.16. The van der Waals surface area contributed by atoms with E-state index in [0.29, 0.717) is 18.2 Å². The summed E-state index contributed by atoms with van der Waals surface area (Å²) in [5.41, 5.74) is 0.613. The molecule has 0 bridgehead atoms. The van der Waals surface area contributed by atoms with Gasteiger partial charge in [0.2, 0.25) is 0 Å². The number of nitro benzene ring substituents is 1. The third kappa shape index (κ3) is 5.16. The van der Waals surface area contributed by atoms with Crippen LogP contribution in [0.5, 0.6) is 0 Å². The van der Waals surface area contributed by atoms with E-state index in [0.717, 1.165) is 23.7 Å². The number of hydrogen-bond donors (Lipinski definition) is 2. The maximum Gasteiger partial charge on any atom is 0.292 e. The highest BCUT2D eigenvalue weighted by Crippen LogP contribution is 2.28. The first kappa shape index (κ1) is 15.9. The van der Waals surface area contributed by atoms with Crippen LogP contribution in [0.25, 0.3) is 0 Å². The predicted molar refractivity (Wildman–Crippen MR) is 79.4 cm³/mol. The Morgan fingerprint density at radius 3 is 2.84 bits per heavy atom. The molecular weight excluding hydrogens is 312 g/mol. The summed E-state index contributed by atoms with van der Waals surface area (Å²) in [6.07, 6.45) is 2.66. The van der Waals surface area contributed by atoms with Crippen LogP contribution >= 0.6 is 15.9 Å². The summed E-state index contributed by atoms with van der Waals surface area (Å²) in [6, 6.07) is 4.87. The Kier molecular flexibility index (Phi) is 6.80. The number of aliphatic hydroxyl groups is 1. The van der Waals surface area contributed by atoms with E-state index in [4.69, 9.17) is 5.11 Å². The summed E-state index contributed by atoms with van der Waals surface area (Å²) in [4.78, 5) is 10.6. The van der Waals surface area contributed by atoms with E-state index in [1.807, 2.05) is 0 Å². The number of nitro groups is 1. The van der Waals surface area contributed by atoms with Gasteiger partial charge in [-0.3, -0.25) is 10.1 Å². The number of nitrogens with zero attached hydrogens (tertiary/aromatic N) is 1. The van der Waals surface area contributed by atoms with Crippen molar-refractivity contribution >= 4 is 27.3 Å². The van der Waals surface area contributed by atoms with Crippen molar-refractivity contribution in [2.45, 2.75) is 26.2 Å². The molecule has 0 heterocycles. The molecule has 0 amide bonds. The molecule has 1 aromatic carbocycles.